The minimum Gasteiger partial charge on any atom is -0.448 e. The highest BCUT2D eigenvalue weighted by molar-refractivity contribution is 14.2. The van der Waals surface area contributed by atoms with Crippen LogP contribution in [0.2, 0.25) is 0 Å². The normalized spacial score (nSPS) is 19.3. The number of ether oxygens (including phenoxy) is 2. The molecule has 1 fully saturated rings. The number of carbonyl (C=O) groups excluding carboxylic acids is 3. The summed E-state index contributed by atoms with van der Waals surface area (Å²) >= 11 is 7.00. The van der Waals surface area contributed by atoms with Crippen LogP contribution in [0.1, 0.15) is 84.3 Å². The van der Waals surface area contributed by atoms with Gasteiger partial charge in [0.2, 0.25) is 5.91 Å². The summed E-state index contributed by atoms with van der Waals surface area (Å²) in [4.78, 5) is 43.0. The van der Waals surface area contributed by atoms with Crippen LogP contribution in [0.25, 0.3) is 0 Å². The lowest BCUT2D eigenvalue weighted by molar-refractivity contribution is -0.144. The number of rotatable bonds is 11. The van der Waals surface area contributed by atoms with Gasteiger partial charge in [0.15, 0.2) is 0 Å². The van der Waals surface area contributed by atoms with Crippen LogP contribution in [-0.2, 0) is 37.2 Å². The van der Waals surface area contributed by atoms with Crippen molar-refractivity contribution in [2.45, 2.75) is 104 Å². The Bertz CT molecular complexity index is 1300. The minimum atomic E-state index is -0.675. The van der Waals surface area contributed by atoms with Gasteiger partial charge in [0.05, 0.1) is 22.8 Å². The smallest absolute Gasteiger partial charge is 0.417 e. The van der Waals surface area contributed by atoms with E-state index in [-0.39, 0.29) is 24.0 Å². The third-order valence-electron chi connectivity index (χ3n) is 5.73. The Morgan fingerprint density at radius 1 is 1.41 bits per heavy atom. The first-order valence-corrected chi connectivity index (χ1v) is 19.4. The molecule has 0 bridgehead atoms. The Morgan fingerprint density at radius 3 is 2.73 bits per heavy atom. The molecular formula is C28H37BrIN2O6PS2. The number of amides is 2. The number of hydrogen-bond donors (Lipinski definition) is 0. The first kappa shape index (κ1) is 34.4. The van der Waals surface area contributed by atoms with Gasteiger partial charge in [0.25, 0.3) is 0 Å². The predicted molar refractivity (Wildman–Crippen MR) is 179 cm³/mol. The highest BCUT2D eigenvalue weighted by Crippen LogP contribution is 2.32. The molecule has 0 spiro atoms. The van der Waals surface area contributed by atoms with Gasteiger partial charge >= 0.3 is 12.1 Å². The van der Waals surface area contributed by atoms with Crippen LogP contribution in [0.15, 0.2) is 27.6 Å². The number of imide groups is 1. The summed E-state index contributed by atoms with van der Waals surface area (Å²) in [6.07, 6.45) is 4.20. The van der Waals surface area contributed by atoms with Gasteiger partial charge in [-0.15, -0.1) is 11.3 Å². The summed E-state index contributed by atoms with van der Waals surface area (Å²) in [6, 6.07) is -0.223. The van der Waals surface area contributed by atoms with Crippen LogP contribution in [0.3, 0.4) is 0 Å². The van der Waals surface area contributed by atoms with Crippen molar-refractivity contribution in [3.63, 3.8) is 0 Å². The van der Waals surface area contributed by atoms with Gasteiger partial charge in [-0.05, 0) is 71.0 Å². The van der Waals surface area contributed by atoms with Crippen molar-refractivity contribution in [1.82, 2.24) is 9.88 Å². The van der Waals surface area contributed by atoms with Crippen molar-refractivity contribution in [2.24, 2.45) is 0 Å². The van der Waals surface area contributed by atoms with Crippen LogP contribution in [-0.4, -0.2) is 53.0 Å². The Morgan fingerprint density at radius 2 is 2.12 bits per heavy atom. The Kier molecular flexibility index (Phi) is 14.0. The van der Waals surface area contributed by atoms with Gasteiger partial charge in [-0.3, -0.25) is 4.79 Å². The number of esters is 1. The van der Waals surface area contributed by atoms with E-state index in [1.165, 1.54) is 16.2 Å². The van der Waals surface area contributed by atoms with Gasteiger partial charge in [0.1, 0.15) is 13.0 Å². The zero-order chi connectivity index (χ0) is 31.6. The second-order valence-corrected chi connectivity index (χ2v) is 19.2. The molecule has 2 rings (SSSR count). The number of aromatic nitrogens is 1. The Balaban J connectivity index is 1.98. The summed E-state index contributed by atoms with van der Waals surface area (Å²) in [5.41, 5.74) is 1.15. The monoisotopic (exact) mass is 800 g/mol. The van der Waals surface area contributed by atoms with Crippen LogP contribution in [0.4, 0.5) is 4.79 Å². The average Bonchev–Trinajstić information content (AvgIpc) is 3.30. The molecule has 1 unspecified atom stereocenters. The van der Waals surface area contributed by atoms with Crippen LogP contribution in [0.5, 0.6) is 0 Å². The molecule has 8 nitrogen and oxygen atoms in total. The quantitative estimate of drug-likeness (QED) is 0.0568. The molecule has 226 valence electrons. The average molecular weight is 802 g/mol. The van der Waals surface area contributed by atoms with Crippen molar-refractivity contribution in [2.75, 3.05) is 0 Å². The predicted octanol–water partition coefficient (Wildman–Crippen LogP) is 7.61. The fourth-order valence-corrected chi connectivity index (χ4v) is 7.14. The van der Waals surface area contributed by atoms with Crippen LogP contribution >= 0.6 is 56.4 Å². The number of halogens is 2. The lowest BCUT2D eigenvalue weighted by Gasteiger charge is -2.40. The zero-order valence-corrected chi connectivity index (χ0v) is 30.5. The maximum atomic E-state index is 12.5. The molecule has 1 saturated heterocycles. The molecule has 0 N–H and O–H groups in total. The number of thiazole rings is 1. The molecule has 0 aromatic carbocycles. The molecule has 2 amide bonds. The van der Waals surface area contributed by atoms with Gasteiger partial charge in [-0.25, -0.2) is 19.5 Å². The standard InChI is InChI=1S/C28H37BrIN2O6PS2/c1-17(11-20(4)38-41(30)39)9-8-10-26(34)36-22(13-19(3)29)15-24-31-23(16-40-24)18(2)12-21-14-25(33)32(21)27(35)37-28(5,6)7/h9,13,16,18,20-22,39H,11-12,14-15H2,1-7H3/t18-,20-,21+,22+,41?/m0/s1/i39T. The van der Waals surface area contributed by atoms with E-state index in [0.29, 0.717) is 33.6 Å². The molecule has 1 aromatic heterocycles. The van der Waals surface area contributed by atoms with Crippen molar-refractivity contribution in [1.29, 1.82) is 1.28 Å². The first-order chi connectivity index (χ1) is 19.6. The van der Waals surface area contributed by atoms with E-state index < -0.39 is 31.3 Å². The molecule has 2 heterocycles. The van der Waals surface area contributed by atoms with Crippen molar-refractivity contribution in [3.05, 3.63) is 38.3 Å². The Labute approximate surface area is 273 Å². The Hall–Kier alpha value is -1.10. The second kappa shape index (κ2) is 16.7. The molecule has 0 saturated carbocycles. The molecule has 41 heavy (non-hydrogen) atoms. The number of β-lactam (4-membered cyclic amide) rings is 1. The van der Waals surface area contributed by atoms with E-state index in [1.54, 1.807) is 32.9 Å². The van der Waals surface area contributed by atoms with Gasteiger partial charge in [-0.1, -0.05) is 42.3 Å². The van der Waals surface area contributed by atoms with Gasteiger partial charge < -0.3 is 13.7 Å². The second-order valence-electron chi connectivity index (χ2n) is 10.9. The van der Waals surface area contributed by atoms with Gasteiger partial charge in [0, 0.05) is 58.8 Å². The van der Waals surface area contributed by atoms with Gasteiger partial charge in [-0.2, -0.15) is 0 Å². The fraction of sp³-hybridized carbons (Fsp3) is 0.571. The third kappa shape index (κ3) is 13.4. The topological polar surface area (TPSA) is 95.0 Å². The number of carbonyl (C=O) groups is 3. The molecule has 5 atom stereocenters. The number of hydrogen-bond acceptors (Lipinski definition) is 8. The number of likely N-dealkylation sites (tertiary alicyclic amines) is 1. The fourth-order valence-electron chi connectivity index (χ4n) is 4.04. The van der Waals surface area contributed by atoms with E-state index in [2.05, 4.69) is 49.0 Å². The van der Waals surface area contributed by atoms with E-state index in [9.17, 15) is 14.4 Å². The molecule has 1 aliphatic heterocycles. The lowest BCUT2D eigenvalue weighted by atomic mass is 9.91. The van der Waals surface area contributed by atoms with E-state index in [0.717, 1.165) is 20.8 Å². The van der Waals surface area contributed by atoms with Crippen LogP contribution in [0, 0.1) is 11.8 Å². The first-order valence-electron chi connectivity index (χ1n) is 13.5. The summed E-state index contributed by atoms with van der Waals surface area (Å²) < 4.78 is 24.9. The summed E-state index contributed by atoms with van der Waals surface area (Å²) in [7, 11) is 0.00607. The van der Waals surface area contributed by atoms with Crippen LogP contribution < -0.4 is 0 Å². The molecule has 1 aromatic rings. The van der Waals surface area contributed by atoms with Crippen molar-refractivity contribution < 1.29 is 28.0 Å². The highest BCUT2D eigenvalue weighted by atomic mass is 127. The zero-order valence-electron chi connectivity index (χ0n) is 25.2. The molecule has 13 heteroatoms. The SMILES string of the molecule is [3H]P=S(I)O[C@@H](C)CC(C)=CC#CC(=O)O[C@H](C=C(C)Br)Cc1nc([C@@H](C)C[C@@H]2CC(=O)N2C(=O)OC(C)(C)C)cs1. The number of allylic oxidation sites excluding steroid dienone is 2. The number of nitrogens with zero attached hydrogens (tertiary/aromatic N) is 2. The maximum Gasteiger partial charge on any atom is 0.417 e. The van der Waals surface area contributed by atoms with Crippen molar-refractivity contribution >= 4 is 81.9 Å². The highest BCUT2D eigenvalue weighted by Gasteiger charge is 2.43. The van der Waals surface area contributed by atoms with Crippen molar-refractivity contribution in [3.8, 4) is 11.8 Å². The van der Waals surface area contributed by atoms with E-state index in [1.807, 2.05) is 33.1 Å². The maximum absolute atomic E-state index is 12.5. The summed E-state index contributed by atoms with van der Waals surface area (Å²) in [5.74, 6) is 4.44. The summed E-state index contributed by atoms with van der Waals surface area (Å²) in [6.45, 7) is 13.0. The lowest BCUT2D eigenvalue weighted by Crippen LogP contribution is -2.57. The van der Waals surface area contributed by atoms with E-state index in [4.69, 9.17) is 19.9 Å². The molecule has 0 radical (unpaired) electrons. The molecule has 1 aliphatic rings. The molecule has 0 aliphatic carbocycles. The summed E-state index contributed by atoms with van der Waals surface area (Å²) in [5, 5.41) is 2.76. The largest absolute Gasteiger partial charge is 0.448 e. The minimum absolute atomic E-state index is 0.0105. The molecular weight excluding hydrogens is 762 g/mol. The van der Waals surface area contributed by atoms with E-state index >= 15 is 0 Å². The third-order valence-corrected chi connectivity index (χ3v) is 8.25.